The van der Waals surface area contributed by atoms with Crippen LogP contribution < -0.4 is 5.73 Å². The Bertz CT molecular complexity index is 293. The van der Waals surface area contributed by atoms with Crippen molar-refractivity contribution in [3.63, 3.8) is 0 Å². The van der Waals surface area contributed by atoms with Crippen LogP contribution in [0.3, 0.4) is 0 Å². The maximum Gasteiger partial charge on any atom is 0.0663 e. The van der Waals surface area contributed by atoms with Crippen LogP contribution >= 0.6 is 0 Å². The van der Waals surface area contributed by atoms with Crippen LogP contribution in [0.2, 0.25) is 0 Å². The molecule has 0 heterocycles. The molecule has 0 saturated heterocycles. The molecule has 2 nitrogen and oxygen atoms in total. The second kappa shape index (κ2) is 6.02. The molecule has 1 aromatic rings. The van der Waals surface area contributed by atoms with Crippen molar-refractivity contribution < 1.29 is 4.74 Å². The highest BCUT2D eigenvalue weighted by Crippen LogP contribution is 2.21. The SMILES string of the molecule is N[C@H](COC1CCCCC1)c1ccccc1. The Balaban J connectivity index is 1.77. The van der Waals surface area contributed by atoms with E-state index in [4.69, 9.17) is 10.5 Å². The van der Waals surface area contributed by atoms with Crippen LogP contribution in [-0.2, 0) is 4.74 Å². The Morgan fingerprint density at radius 1 is 1.12 bits per heavy atom. The van der Waals surface area contributed by atoms with Crippen molar-refractivity contribution in [1.82, 2.24) is 0 Å². The molecular formula is C14H21NO. The lowest BCUT2D eigenvalue weighted by molar-refractivity contribution is 0.0206. The molecule has 16 heavy (non-hydrogen) atoms. The van der Waals surface area contributed by atoms with Gasteiger partial charge in [0.25, 0.3) is 0 Å². The largest absolute Gasteiger partial charge is 0.376 e. The summed E-state index contributed by atoms with van der Waals surface area (Å²) >= 11 is 0. The standard InChI is InChI=1S/C14H21NO/c15-14(12-7-3-1-4-8-12)11-16-13-9-5-2-6-10-13/h1,3-4,7-8,13-14H,2,5-6,9-11,15H2/t14-/m1/s1. The number of ether oxygens (including phenoxy) is 1. The zero-order chi connectivity index (χ0) is 11.2. The van der Waals surface area contributed by atoms with Crippen molar-refractivity contribution in [2.45, 2.75) is 44.2 Å². The lowest BCUT2D eigenvalue weighted by Gasteiger charge is -2.23. The summed E-state index contributed by atoms with van der Waals surface area (Å²) in [5.41, 5.74) is 7.25. The monoisotopic (exact) mass is 219 g/mol. The molecule has 0 amide bonds. The third kappa shape index (κ3) is 3.32. The third-order valence-electron chi connectivity index (χ3n) is 3.29. The van der Waals surface area contributed by atoms with Gasteiger partial charge in [0.2, 0.25) is 0 Å². The van der Waals surface area contributed by atoms with E-state index >= 15 is 0 Å². The molecule has 0 aromatic heterocycles. The summed E-state index contributed by atoms with van der Waals surface area (Å²) in [6.45, 7) is 0.648. The van der Waals surface area contributed by atoms with Crippen LogP contribution in [0.1, 0.15) is 43.7 Å². The van der Waals surface area contributed by atoms with Gasteiger partial charge in [-0.25, -0.2) is 0 Å². The Hall–Kier alpha value is -0.860. The molecule has 1 aliphatic rings. The molecule has 0 aliphatic heterocycles. The molecule has 2 heteroatoms. The first kappa shape index (κ1) is 11.6. The average Bonchev–Trinajstić information content (AvgIpc) is 2.38. The lowest BCUT2D eigenvalue weighted by Crippen LogP contribution is -2.23. The molecule has 0 spiro atoms. The molecular weight excluding hydrogens is 198 g/mol. The highest BCUT2D eigenvalue weighted by Gasteiger charge is 2.15. The first-order valence-corrected chi connectivity index (χ1v) is 6.28. The van der Waals surface area contributed by atoms with E-state index in [1.54, 1.807) is 0 Å². The molecule has 1 saturated carbocycles. The molecule has 2 rings (SSSR count). The van der Waals surface area contributed by atoms with Gasteiger partial charge in [0.05, 0.1) is 18.8 Å². The lowest BCUT2D eigenvalue weighted by atomic mass is 9.98. The van der Waals surface area contributed by atoms with E-state index in [1.807, 2.05) is 18.2 Å². The maximum atomic E-state index is 6.09. The Morgan fingerprint density at radius 2 is 1.81 bits per heavy atom. The van der Waals surface area contributed by atoms with Crippen LogP contribution in [0.4, 0.5) is 0 Å². The quantitative estimate of drug-likeness (QED) is 0.844. The minimum absolute atomic E-state index is 0.0168. The van der Waals surface area contributed by atoms with Crippen LogP contribution in [0, 0.1) is 0 Å². The van der Waals surface area contributed by atoms with E-state index in [2.05, 4.69) is 12.1 Å². The summed E-state index contributed by atoms with van der Waals surface area (Å²) in [6, 6.07) is 10.2. The molecule has 0 bridgehead atoms. The molecule has 2 N–H and O–H groups in total. The maximum absolute atomic E-state index is 6.09. The third-order valence-corrected chi connectivity index (χ3v) is 3.29. The van der Waals surface area contributed by atoms with Crippen LogP contribution in [0.5, 0.6) is 0 Å². The van der Waals surface area contributed by atoms with Crippen molar-refractivity contribution >= 4 is 0 Å². The second-order valence-electron chi connectivity index (χ2n) is 4.61. The van der Waals surface area contributed by atoms with E-state index in [-0.39, 0.29) is 6.04 Å². The normalized spacial score (nSPS) is 19.6. The van der Waals surface area contributed by atoms with Gasteiger partial charge >= 0.3 is 0 Å². The summed E-state index contributed by atoms with van der Waals surface area (Å²) in [6.07, 6.45) is 6.85. The zero-order valence-corrected chi connectivity index (χ0v) is 9.77. The van der Waals surface area contributed by atoms with E-state index in [9.17, 15) is 0 Å². The van der Waals surface area contributed by atoms with Crippen molar-refractivity contribution in [2.75, 3.05) is 6.61 Å². The van der Waals surface area contributed by atoms with Crippen LogP contribution in [-0.4, -0.2) is 12.7 Å². The van der Waals surface area contributed by atoms with Crippen molar-refractivity contribution in [2.24, 2.45) is 5.73 Å². The molecule has 1 atom stereocenters. The predicted molar refractivity (Wildman–Crippen MR) is 66.2 cm³/mol. The number of nitrogens with two attached hydrogens (primary N) is 1. The van der Waals surface area contributed by atoms with Gasteiger partial charge in [-0.15, -0.1) is 0 Å². The fraction of sp³-hybridized carbons (Fsp3) is 0.571. The molecule has 88 valence electrons. The van der Waals surface area contributed by atoms with Crippen molar-refractivity contribution in [1.29, 1.82) is 0 Å². The average molecular weight is 219 g/mol. The number of hydrogen-bond acceptors (Lipinski definition) is 2. The van der Waals surface area contributed by atoms with Gasteiger partial charge in [-0.2, -0.15) is 0 Å². The fourth-order valence-electron chi connectivity index (χ4n) is 2.27. The first-order chi connectivity index (χ1) is 7.86. The highest BCUT2D eigenvalue weighted by molar-refractivity contribution is 5.18. The predicted octanol–water partition coefficient (Wildman–Crippen LogP) is 3.04. The van der Waals surface area contributed by atoms with E-state index in [1.165, 1.54) is 37.7 Å². The van der Waals surface area contributed by atoms with Gasteiger partial charge in [0, 0.05) is 0 Å². The van der Waals surface area contributed by atoms with Gasteiger partial charge in [0.1, 0.15) is 0 Å². The van der Waals surface area contributed by atoms with Gasteiger partial charge in [0.15, 0.2) is 0 Å². The first-order valence-electron chi connectivity index (χ1n) is 6.28. The van der Waals surface area contributed by atoms with E-state index in [0.717, 1.165) is 0 Å². The molecule has 1 fully saturated rings. The summed E-state index contributed by atoms with van der Waals surface area (Å²) in [5.74, 6) is 0. The van der Waals surface area contributed by atoms with Gasteiger partial charge in [-0.1, -0.05) is 49.6 Å². The van der Waals surface area contributed by atoms with E-state index in [0.29, 0.717) is 12.7 Å². The minimum atomic E-state index is 0.0168. The van der Waals surface area contributed by atoms with Crippen molar-refractivity contribution in [3.8, 4) is 0 Å². The smallest absolute Gasteiger partial charge is 0.0663 e. The summed E-state index contributed by atoms with van der Waals surface area (Å²) in [7, 11) is 0. The van der Waals surface area contributed by atoms with Gasteiger partial charge in [-0.3, -0.25) is 0 Å². The molecule has 0 unspecified atom stereocenters. The summed E-state index contributed by atoms with van der Waals surface area (Å²) in [4.78, 5) is 0. The fourth-order valence-corrected chi connectivity index (χ4v) is 2.27. The van der Waals surface area contributed by atoms with Crippen LogP contribution in [0.25, 0.3) is 0 Å². The molecule has 1 aliphatic carbocycles. The zero-order valence-electron chi connectivity index (χ0n) is 9.77. The van der Waals surface area contributed by atoms with Crippen molar-refractivity contribution in [3.05, 3.63) is 35.9 Å². The minimum Gasteiger partial charge on any atom is -0.376 e. The van der Waals surface area contributed by atoms with E-state index < -0.39 is 0 Å². The van der Waals surface area contributed by atoms with Gasteiger partial charge in [-0.05, 0) is 18.4 Å². The Kier molecular flexibility index (Phi) is 4.37. The topological polar surface area (TPSA) is 35.2 Å². The second-order valence-corrected chi connectivity index (χ2v) is 4.61. The number of hydrogen-bond donors (Lipinski definition) is 1. The number of benzene rings is 1. The Labute approximate surface area is 97.8 Å². The molecule has 1 aromatic carbocycles. The summed E-state index contributed by atoms with van der Waals surface area (Å²) < 4.78 is 5.87. The molecule has 0 radical (unpaired) electrons. The van der Waals surface area contributed by atoms with Gasteiger partial charge < -0.3 is 10.5 Å². The highest BCUT2D eigenvalue weighted by atomic mass is 16.5. The summed E-state index contributed by atoms with van der Waals surface area (Å²) in [5, 5.41) is 0. The Morgan fingerprint density at radius 3 is 2.50 bits per heavy atom. The number of rotatable bonds is 4. The van der Waals surface area contributed by atoms with Crippen LogP contribution in [0.15, 0.2) is 30.3 Å².